The molecule has 3 rings (SSSR count). The number of carbonyl (C=O) groups is 1. The second-order valence-electron chi connectivity index (χ2n) is 7.38. The zero-order valence-corrected chi connectivity index (χ0v) is 20.7. The molecule has 0 aliphatic heterocycles. The number of carbonyl (C=O) groups excluding carboxylic acids is 1. The van der Waals surface area contributed by atoms with Crippen LogP contribution in [0.4, 0.5) is 14.5 Å². The van der Waals surface area contributed by atoms with Crippen molar-refractivity contribution < 1.29 is 22.0 Å². The van der Waals surface area contributed by atoms with Crippen molar-refractivity contribution in [1.29, 1.82) is 0 Å². The maximum atomic E-state index is 14.5. The SMILES string of the molecule is Cc1ccc(S(=O)(=O)N(CC(=O)NCCSCc2c(F)cccc2Cl)c2ccccc2F)cc1. The standard InChI is InChI=1S/C24H23ClF2N2O3S2/c1-17-9-11-18(12-10-17)34(31,32)29(23-8-3-2-6-22(23)27)15-24(30)28-13-14-33-16-19-20(25)5-4-7-21(19)26/h2-12H,13-16H2,1H3,(H,28,30). The van der Waals surface area contributed by atoms with Gasteiger partial charge >= 0.3 is 0 Å². The van der Waals surface area contributed by atoms with Crippen LogP contribution in [0.25, 0.3) is 0 Å². The quantitative estimate of drug-likeness (QED) is 0.371. The summed E-state index contributed by atoms with van der Waals surface area (Å²) in [5, 5.41) is 2.97. The number of sulfonamides is 1. The summed E-state index contributed by atoms with van der Waals surface area (Å²) in [6, 6.07) is 15.9. The molecule has 0 saturated heterocycles. The van der Waals surface area contributed by atoms with Gasteiger partial charge in [0.1, 0.15) is 18.2 Å². The summed E-state index contributed by atoms with van der Waals surface area (Å²) in [7, 11) is -4.20. The molecule has 0 bridgehead atoms. The van der Waals surface area contributed by atoms with E-state index in [9.17, 15) is 22.0 Å². The first kappa shape index (κ1) is 26.0. The van der Waals surface area contributed by atoms with Crippen LogP contribution >= 0.6 is 23.4 Å². The van der Waals surface area contributed by atoms with Crippen molar-refractivity contribution in [3.8, 4) is 0 Å². The van der Waals surface area contributed by atoms with Crippen LogP contribution in [0.15, 0.2) is 71.6 Å². The van der Waals surface area contributed by atoms with E-state index < -0.39 is 34.1 Å². The molecule has 34 heavy (non-hydrogen) atoms. The summed E-state index contributed by atoms with van der Waals surface area (Å²) in [5.74, 6) is -0.983. The first-order valence-corrected chi connectivity index (χ1v) is 13.3. The Kier molecular flexibility index (Phi) is 8.93. The monoisotopic (exact) mass is 524 g/mol. The minimum Gasteiger partial charge on any atom is -0.354 e. The Hall–Kier alpha value is -2.62. The number of thioether (sulfide) groups is 1. The van der Waals surface area contributed by atoms with E-state index in [-0.39, 0.29) is 17.1 Å². The normalized spacial score (nSPS) is 11.3. The second kappa shape index (κ2) is 11.7. The first-order valence-electron chi connectivity index (χ1n) is 10.3. The van der Waals surface area contributed by atoms with Gasteiger partial charge in [0.05, 0.1) is 10.6 Å². The van der Waals surface area contributed by atoms with Crippen LogP contribution in [0.3, 0.4) is 0 Å². The molecule has 180 valence electrons. The van der Waals surface area contributed by atoms with Crippen molar-refractivity contribution in [3.63, 3.8) is 0 Å². The van der Waals surface area contributed by atoms with Gasteiger partial charge in [-0.15, -0.1) is 0 Å². The van der Waals surface area contributed by atoms with Gasteiger partial charge in [-0.25, -0.2) is 17.2 Å². The number of hydrogen-bond acceptors (Lipinski definition) is 4. The van der Waals surface area contributed by atoms with Gasteiger partial charge in [-0.3, -0.25) is 9.10 Å². The molecule has 0 heterocycles. The lowest BCUT2D eigenvalue weighted by Crippen LogP contribution is -2.41. The second-order valence-corrected chi connectivity index (χ2v) is 10.8. The third-order valence-electron chi connectivity index (χ3n) is 4.89. The van der Waals surface area contributed by atoms with Crippen molar-refractivity contribution in [2.24, 2.45) is 0 Å². The third-order valence-corrected chi connectivity index (χ3v) is 8.01. The predicted octanol–water partition coefficient (Wildman–Crippen LogP) is 5.17. The number of para-hydroxylation sites is 1. The summed E-state index contributed by atoms with van der Waals surface area (Å²) in [6.45, 7) is 1.43. The van der Waals surface area contributed by atoms with Crippen LogP contribution in [-0.2, 0) is 20.6 Å². The summed E-state index contributed by atoms with van der Waals surface area (Å²) in [5.41, 5.74) is 1.03. The Morgan fingerprint density at radius 2 is 1.68 bits per heavy atom. The molecule has 0 atom stereocenters. The molecule has 0 spiro atoms. The lowest BCUT2D eigenvalue weighted by molar-refractivity contribution is -0.119. The van der Waals surface area contributed by atoms with Gasteiger partial charge < -0.3 is 5.32 Å². The maximum Gasteiger partial charge on any atom is 0.264 e. The Balaban J connectivity index is 1.66. The number of benzene rings is 3. The number of halogens is 3. The summed E-state index contributed by atoms with van der Waals surface area (Å²) in [4.78, 5) is 12.5. The number of rotatable bonds is 10. The number of nitrogens with zero attached hydrogens (tertiary/aromatic N) is 1. The fourth-order valence-corrected chi connectivity index (χ4v) is 5.71. The Morgan fingerprint density at radius 1 is 1.00 bits per heavy atom. The molecule has 3 aromatic rings. The van der Waals surface area contributed by atoms with Crippen LogP contribution in [-0.4, -0.2) is 33.2 Å². The molecule has 0 radical (unpaired) electrons. The van der Waals surface area contributed by atoms with Crippen LogP contribution in [0, 0.1) is 18.6 Å². The molecular formula is C24H23ClF2N2O3S2. The highest BCUT2D eigenvalue weighted by Gasteiger charge is 2.29. The fraction of sp³-hybridized carbons (Fsp3) is 0.208. The summed E-state index contributed by atoms with van der Waals surface area (Å²) >= 11 is 7.37. The lowest BCUT2D eigenvalue weighted by Gasteiger charge is -2.24. The predicted molar refractivity (Wildman–Crippen MR) is 133 cm³/mol. The van der Waals surface area contributed by atoms with Gasteiger partial charge in [-0.1, -0.05) is 47.5 Å². The lowest BCUT2D eigenvalue weighted by atomic mass is 10.2. The largest absolute Gasteiger partial charge is 0.354 e. The first-order chi connectivity index (χ1) is 16.2. The molecule has 0 aliphatic carbocycles. The van der Waals surface area contributed by atoms with Gasteiger partial charge in [0.15, 0.2) is 0 Å². The van der Waals surface area contributed by atoms with Crippen molar-refractivity contribution >= 4 is 45.0 Å². The maximum absolute atomic E-state index is 14.5. The minimum atomic E-state index is -4.20. The molecule has 0 unspecified atom stereocenters. The average Bonchev–Trinajstić information content (AvgIpc) is 2.80. The highest BCUT2D eigenvalue weighted by Crippen LogP contribution is 2.26. The van der Waals surface area contributed by atoms with E-state index in [4.69, 9.17) is 11.6 Å². The number of nitrogens with one attached hydrogen (secondary N) is 1. The van der Waals surface area contributed by atoms with E-state index >= 15 is 0 Å². The number of amides is 1. The minimum absolute atomic E-state index is 0.0496. The summed E-state index contributed by atoms with van der Waals surface area (Å²) in [6.07, 6.45) is 0. The Labute approximate surface area is 207 Å². The molecule has 10 heteroatoms. The van der Waals surface area contributed by atoms with E-state index in [1.807, 2.05) is 6.92 Å². The van der Waals surface area contributed by atoms with Crippen LogP contribution < -0.4 is 9.62 Å². The average molecular weight is 525 g/mol. The molecular weight excluding hydrogens is 502 g/mol. The van der Waals surface area contributed by atoms with Crippen LogP contribution in [0.2, 0.25) is 5.02 Å². The Morgan fingerprint density at radius 3 is 2.35 bits per heavy atom. The van der Waals surface area contributed by atoms with E-state index in [0.717, 1.165) is 15.9 Å². The van der Waals surface area contributed by atoms with Gasteiger partial charge in [0.25, 0.3) is 10.0 Å². The molecule has 0 fully saturated rings. The molecule has 5 nitrogen and oxygen atoms in total. The fourth-order valence-electron chi connectivity index (χ4n) is 3.08. The third kappa shape index (κ3) is 6.49. The molecule has 0 aromatic heterocycles. The Bertz CT molecular complexity index is 1240. The highest BCUT2D eigenvalue weighted by molar-refractivity contribution is 7.98. The van der Waals surface area contributed by atoms with Crippen molar-refractivity contribution in [3.05, 3.63) is 94.5 Å². The van der Waals surface area contributed by atoms with Gasteiger partial charge in [-0.05, 0) is 43.3 Å². The van der Waals surface area contributed by atoms with Gasteiger partial charge in [0.2, 0.25) is 5.91 Å². The number of hydrogen-bond donors (Lipinski definition) is 1. The zero-order chi connectivity index (χ0) is 24.7. The van der Waals surface area contributed by atoms with Crippen LogP contribution in [0.1, 0.15) is 11.1 Å². The molecule has 0 saturated carbocycles. The topological polar surface area (TPSA) is 66.5 Å². The summed E-state index contributed by atoms with van der Waals surface area (Å²) < 4.78 is 55.6. The van der Waals surface area contributed by atoms with E-state index in [1.165, 1.54) is 54.2 Å². The van der Waals surface area contributed by atoms with Gasteiger partial charge in [0, 0.05) is 28.6 Å². The molecule has 0 aliphatic rings. The number of aryl methyl sites for hydroxylation is 1. The van der Waals surface area contributed by atoms with E-state index in [0.29, 0.717) is 22.1 Å². The van der Waals surface area contributed by atoms with E-state index in [1.54, 1.807) is 18.2 Å². The zero-order valence-electron chi connectivity index (χ0n) is 18.3. The molecule has 1 amide bonds. The van der Waals surface area contributed by atoms with Crippen LogP contribution in [0.5, 0.6) is 0 Å². The van der Waals surface area contributed by atoms with Gasteiger partial charge in [-0.2, -0.15) is 11.8 Å². The smallest absolute Gasteiger partial charge is 0.264 e. The highest BCUT2D eigenvalue weighted by atomic mass is 35.5. The number of anilines is 1. The van der Waals surface area contributed by atoms with Crippen molar-refractivity contribution in [1.82, 2.24) is 5.32 Å². The van der Waals surface area contributed by atoms with Crippen molar-refractivity contribution in [2.45, 2.75) is 17.6 Å². The van der Waals surface area contributed by atoms with E-state index in [2.05, 4.69) is 5.32 Å². The molecule has 3 aromatic carbocycles. The molecule has 1 N–H and O–H groups in total. The van der Waals surface area contributed by atoms with Crippen molar-refractivity contribution in [2.75, 3.05) is 23.1 Å².